The SMILES string of the molecule is COc1ccc(OC)c([C@H]2CCN(C(=O)c3ccc(=O)n(C)n3)C2)c1. The lowest BCUT2D eigenvalue weighted by atomic mass is 9.97. The summed E-state index contributed by atoms with van der Waals surface area (Å²) in [6, 6.07) is 8.53. The van der Waals surface area contributed by atoms with Crippen molar-refractivity contribution in [3.05, 3.63) is 51.9 Å². The lowest BCUT2D eigenvalue weighted by molar-refractivity contribution is 0.0782. The third-order valence-electron chi connectivity index (χ3n) is 4.53. The van der Waals surface area contributed by atoms with Gasteiger partial charge in [0, 0.05) is 37.7 Å². The average molecular weight is 343 g/mol. The Morgan fingerprint density at radius 2 is 2.00 bits per heavy atom. The second-order valence-electron chi connectivity index (χ2n) is 6.03. The van der Waals surface area contributed by atoms with Gasteiger partial charge in [-0.25, -0.2) is 4.68 Å². The van der Waals surface area contributed by atoms with E-state index in [1.165, 1.54) is 23.9 Å². The van der Waals surface area contributed by atoms with Gasteiger partial charge in [0.25, 0.3) is 11.5 Å². The van der Waals surface area contributed by atoms with Crippen molar-refractivity contribution in [3.63, 3.8) is 0 Å². The van der Waals surface area contributed by atoms with Crippen molar-refractivity contribution in [1.82, 2.24) is 14.7 Å². The number of ether oxygens (including phenoxy) is 2. The fourth-order valence-corrected chi connectivity index (χ4v) is 3.14. The summed E-state index contributed by atoms with van der Waals surface area (Å²) in [5.74, 6) is 1.56. The molecule has 1 fully saturated rings. The number of nitrogens with zero attached hydrogens (tertiary/aromatic N) is 3. The third kappa shape index (κ3) is 3.35. The maximum absolute atomic E-state index is 12.7. The Bertz CT molecular complexity index is 846. The first-order valence-corrected chi connectivity index (χ1v) is 8.09. The van der Waals surface area contributed by atoms with Crippen LogP contribution < -0.4 is 15.0 Å². The number of carbonyl (C=O) groups excluding carboxylic acids is 1. The summed E-state index contributed by atoms with van der Waals surface area (Å²) >= 11 is 0. The molecule has 25 heavy (non-hydrogen) atoms. The van der Waals surface area contributed by atoms with Gasteiger partial charge >= 0.3 is 0 Å². The van der Waals surface area contributed by atoms with Crippen molar-refractivity contribution in [2.75, 3.05) is 27.3 Å². The normalized spacial score (nSPS) is 16.8. The molecule has 2 heterocycles. The molecule has 1 amide bonds. The topological polar surface area (TPSA) is 73.7 Å². The molecule has 132 valence electrons. The zero-order chi connectivity index (χ0) is 18.0. The molecule has 0 saturated carbocycles. The molecule has 7 nitrogen and oxygen atoms in total. The van der Waals surface area contributed by atoms with Gasteiger partial charge in [-0.1, -0.05) is 0 Å². The lowest BCUT2D eigenvalue weighted by Crippen LogP contribution is -2.31. The Balaban J connectivity index is 1.80. The van der Waals surface area contributed by atoms with Crippen molar-refractivity contribution in [1.29, 1.82) is 0 Å². The summed E-state index contributed by atoms with van der Waals surface area (Å²) in [5.41, 5.74) is 1.07. The summed E-state index contributed by atoms with van der Waals surface area (Å²) in [6.07, 6.45) is 0.834. The van der Waals surface area contributed by atoms with Gasteiger partial charge in [-0.05, 0) is 30.7 Å². The molecule has 0 radical (unpaired) electrons. The maximum atomic E-state index is 12.7. The zero-order valence-corrected chi connectivity index (χ0v) is 14.6. The second-order valence-corrected chi connectivity index (χ2v) is 6.03. The molecule has 1 aliphatic rings. The van der Waals surface area contributed by atoms with Gasteiger partial charge in [0.15, 0.2) is 0 Å². The summed E-state index contributed by atoms with van der Waals surface area (Å²) in [7, 11) is 4.80. The van der Waals surface area contributed by atoms with Crippen LogP contribution in [0.4, 0.5) is 0 Å². The molecule has 1 aromatic heterocycles. The highest BCUT2D eigenvalue weighted by Crippen LogP contribution is 2.36. The lowest BCUT2D eigenvalue weighted by Gasteiger charge is -2.18. The van der Waals surface area contributed by atoms with E-state index < -0.39 is 0 Å². The van der Waals surface area contributed by atoms with Crippen LogP contribution in [0.25, 0.3) is 0 Å². The van der Waals surface area contributed by atoms with Crippen molar-refractivity contribution in [3.8, 4) is 11.5 Å². The van der Waals surface area contributed by atoms with Crippen LogP contribution in [0, 0.1) is 0 Å². The van der Waals surface area contributed by atoms with Crippen LogP contribution in [0.3, 0.4) is 0 Å². The monoisotopic (exact) mass is 343 g/mol. The van der Waals surface area contributed by atoms with Gasteiger partial charge in [-0.15, -0.1) is 0 Å². The predicted octanol–water partition coefficient (Wildman–Crippen LogP) is 1.43. The number of carbonyl (C=O) groups is 1. The highest BCUT2D eigenvalue weighted by Gasteiger charge is 2.30. The molecular weight excluding hydrogens is 322 g/mol. The summed E-state index contributed by atoms with van der Waals surface area (Å²) in [4.78, 5) is 25.9. The standard InChI is InChI=1S/C18H21N3O4/c1-20-17(22)7-5-15(19-20)18(23)21-9-8-12(11-21)14-10-13(24-2)4-6-16(14)25-3/h4-7,10,12H,8-9,11H2,1-3H3/t12-/m0/s1. The van der Waals surface area contributed by atoms with E-state index in [0.717, 1.165) is 23.5 Å². The van der Waals surface area contributed by atoms with Gasteiger partial charge in [0.2, 0.25) is 0 Å². The molecule has 0 N–H and O–H groups in total. The molecule has 0 spiro atoms. The van der Waals surface area contributed by atoms with E-state index in [9.17, 15) is 9.59 Å². The molecule has 0 aliphatic carbocycles. The fourth-order valence-electron chi connectivity index (χ4n) is 3.14. The Kier molecular flexibility index (Phi) is 4.74. The second kappa shape index (κ2) is 6.96. The third-order valence-corrected chi connectivity index (χ3v) is 4.53. The number of likely N-dealkylation sites (tertiary alicyclic amines) is 1. The smallest absolute Gasteiger partial charge is 0.274 e. The number of methoxy groups -OCH3 is 2. The number of rotatable bonds is 4. The maximum Gasteiger partial charge on any atom is 0.274 e. The number of benzene rings is 1. The summed E-state index contributed by atoms with van der Waals surface area (Å²) in [6.45, 7) is 1.21. The average Bonchev–Trinajstić information content (AvgIpc) is 3.12. The van der Waals surface area contributed by atoms with E-state index in [0.29, 0.717) is 13.1 Å². The molecule has 0 bridgehead atoms. The predicted molar refractivity (Wildman–Crippen MR) is 92.3 cm³/mol. The first-order chi connectivity index (χ1) is 12.0. The molecule has 1 saturated heterocycles. The van der Waals surface area contributed by atoms with E-state index in [-0.39, 0.29) is 23.1 Å². The van der Waals surface area contributed by atoms with E-state index in [4.69, 9.17) is 9.47 Å². The molecule has 3 rings (SSSR count). The molecule has 7 heteroatoms. The molecule has 1 aliphatic heterocycles. The van der Waals surface area contributed by atoms with Crippen LogP contribution in [-0.2, 0) is 7.05 Å². The van der Waals surface area contributed by atoms with Crippen LogP contribution in [0.15, 0.2) is 35.1 Å². The van der Waals surface area contributed by atoms with Gasteiger partial charge in [-0.2, -0.15) is 5.10 Å². The van der Waals surface area contributed by atoms with Gasteiger partial charge in [-0.3, -0.25) is 9.59 Å². The van der Waals surface area contributed by atoms with E-state index >= 15 is 0 Å². The number of aromatic nitrogens is 2. The van der Waals surface area contributed by atoms with Crippen LogP contribution in [-0.4, -0.2) is 47.9 Å². The van der Waals surface area contributed by atoms with E-state index in [1.54, 1.807) is 19.1 Å². The largest absolute Gasteiger partial charge is 0.497 e. The molecule has 0 unspecified atom stereocenters. The number of amides is 1. The zero-order valence-electron chi connectivity index (χ0n) is 14.6. The number of hydrogen-bond acceptors (Lipinski definition) is 5. The van der Waals surface area contributed by atoms with Gasteiger partial charge in [0.1, 0.15) is 17.2 Å². The quantitative estimate of drug-likeness (QED) is 0.840. The first kappa shape index (κ1) is 17.0. The van der Waals surface area contributed by atoms with Crippen molar-refractivity contribution in [2.24, 2.45) is 7.05 Å². The molecular formula is C18H21N3O4. The van der Waals surface area contributed by atoms with E-state index in [1.807, 2.05) is 18.2 Å². The summed E-state index contributed by atoms with van der Waals surface area (Å²) in [5, 5.41) is 4.04. The Morgan fingerprint density at radius 1 is 1.20 bits per heavy atom. The van der Waals surface area contributed by atoms with Crippen molar-refractivity contribution < 1.29 is 14.3 Å². The minimum atomic E-state index is -0.239. The Morgan fingerprint density at radius 3 is 2.68 bits per heavy atom. The van der Waals surface area contributed by atoms with Crippen molar-refractivity contribution in [2.45, 2.75) is 12.3 Å². The van der Waals surface area contributed by atoms with Crippen LogP contribution in [0.2, 0.25) is 0 Å². The van der Waals surface area contributed by atoms with Crippen LogP contribution in [0.1, 0.15) is 28.4 Å². The Labute approximate surface area is 145 Å². The molecule has 2 aromatic rings. The van der Waals surface area contributed by atoms with E-state index in [2.05, 4.69) is 5.10 Å². The van der Waals surface area contributed by atoms with Crippen LogP contribution in [0.5, 0.6) is 11.5 Å². The van der Waals surface area contributed by atoms with Gasteiger partial charge < -0.3 is 14.4 Å². The minimum Gasteiger partial charge on any atom is -0.497 e. The highest BCUT2D eigenvalue weighted by atomic mass is 16.5. The molecule has 1 atom stereocenters. The highest BCUT2D eigenvalue weighted by molar-refractivity contribution is 5.92. The van der Waals surface area contributed by atoms with Gasteiger partial charge in [0.05, 0.1) is 14.2 Å². The first-order valence-electron chi connectivity index (χ1n) is 8.09. The minimum absolute atomic E-state index is 0.167. The Hall–Kier alpha value is -2.83. The molecule has 1 aromatic carbocycles. The fraction of sp³-hybridized carbons (Fsp3) is 0.389. The number of aryl methyl sites for hydroxylation is 1. The number of hydrogen-bond donors (Lipinski definition) is 0. The van der Waals surface area contributed by atoms with Crippen LogP contribution >= 0.6 is 0 Å². The summed E-state index contributed by atoms with van der Waals surface area (Å²) < 4.78 is 11.9. The van der Waals surface area contributed by atoms with Crippen molar-refractivity contribution >= 4 is 5.91 Å².